The van der Waals surface area contributed by atoms with Crippen molar-refractivity contribution in [3.8, 4) is 0 Å². The number of hydrogen-bond donors (Lipinski definition) is 1. The average molecular weight is 241 g/mol. The molecule has 98 valence electrons. The third kappa shape index (κ3) is 4.00. The predicted molar refractivity (Wildman–Crippen MR) is 66.6 cm³/mol. The Hall–Kier alpha value is -1.10. The first-order valence-electron chi connectivity index (χ1n) is 6.08. The summed E-state index contributed by atoms with van der Waals surface area (Å²) in [5.41, 5.74) is -0.753. The zero-order valence-electron chi connectivity index (χ0n) is 11.2. The van der Waals surface area contributed by atoms with Gasteiger partial charge >= 0.3 is 0 Å². The molecule has 0 aromatic carbocycles. The third-order valence-corrected chi connectivity index (χ3v) is 2.89. The van der Waals surface area contributed by atoms with Crippen LogP contribution in [0.2, 0.25) is 0 Å². The van der Waals surface area contributed by atoms with E-state index in [1.54, 1.807) is 18.7 Å². The number of amides is 2. The van der Waals surface area contributed by atoms with Crippen molar-refractivity contribution < 1.29 is 9.59 Å². The lowest BCUT2D eigenvalue weighted by Gasteiger charge is -2.37. The average Bonchev–Trinajstić information content (AvgIpc) is 2.18. The highest BCUT2D eigenvalue weighted by Crippen LogP contribution is 2.13. The molecule has 5 nitrogen and oxygen atoms in total. The molecule has 1 saturated heterocycles. The number of piperazine rings is 1. The Labute approximate surface area is 103 Å². The van der Waals surface area contributed by atoms with Gasteiger partial charge in [0.1, 0.15) is 5.54 Å². The van der Waals surface area contributed by atoms with Gasteiger partial charge in [-0.05, 0) is 47.3 Å². The molecule has 1 rings (SSSR count). The van der Waals surface area contributed by atoms with E-state index in [0.717, 1.165) is 19.4 Å². The topological polar surface area (TPSA) is 52.6 Å². The van der Waals surface area contributed by atoms with Crippen LogP contribution in [0.3, 0.4) is 0 Å². The van der Waals surface area contributed by atoms with Crippen LogP contribution >= 0.6 is 0 Å². The maximum atomic E-state index is 12.0. The second-order valence-corrected chi connectivity index (χ2v) is 5.41. The first-order chi connectivity index (χ1) is 7.83. The van der Waals surface area contributed by atoms with Gasteiger partial charge in [0.25, 0.3) is 0 Å². The molecule has 1 aliphatic heterocycles. The minimum absolute atomic E-state index is 0.0157. The van der Waals surface area contributed by atoms with E-state index in [9.17, 15) is 9.59 Å². The van der Waals surface area contributed by atoms with E-state index in [1.165, 1.54) is 0 Å². The lowest BCUT2D eigenvalue weighted by molar-refractivity contribution is -0.148. The molecule has 0 bridgehead atoms. The van der Waals surface area contributed by atoms with Crippen molar-refractivity contribution in [2.24, 2.45) is 0 Å². The van der Waals surface area contributed by atoms with Gasteiger partial charge < -0.3 is 15.1 Å². The molecule has 0 aliphatic carbocycles. The van der Waals surface area contributed by atoms with Crippen LogP contribution in [0.1, 0.15) is 26.7 Å². The molecule has 0 saturated carbocycles. The Morgan fingerprint density at radius 1 is 1.29 bits per heavy atom. The maximum absolute atomic E-state index is 12.0. The van der Waals surface area contributed by atoms with Crippen molar-refractivity contribution in [1.29, 1.82) is 0 Å². The first kappa shape index (κ1) is 14.0. The van der Waals surface area contributed by atoms with Gasteiger partial charge in [0.15, 0.2) is 0 Å². The van der Waals surface area contributed by atoms with Gasteiger partial charge in [0.2, 0.25) is 11.8 Å². The van der Waals surface area contributed by atoms with Gasteiger partial charge in [-0.2, -0.15) is 0 Å². The Balaban J connectivity index is 2.42. The second-order valence-electron chi connectivity index (χ2n) is 5.41. The Morgan fingerprint density at radius 3 is 2.53 bits per heavy atom. The molecule has 1 N–H and O–H groups in total. The van der Waals surface area contributed by atoms with E-state index < -0.39 is 5.54 Å². The van der Waals surface area contributed by atoms with Gasteiger partial charge in [0.05, 0.1) is 6.54 Å². The zero-order chi connectivity index (χ0) is 13.1. The van der Waals surface area contributed by atoms with Crippen molar-refractivity contribution in [3.63, 3.8) is 0 Å². The SMILES string of the molecule is CN(C)CCCCN1CC(=O)NC(C)(C)C1=O. The summed E-state index contributed by atoms with van der Waals surface area (Å²) in [5, 5.41) is 2.71. The quantitative estimate of drug-likeness (QED) is 0.693. The molecule has 5 heteroatoms. The summed E-state index contributed by atoms with van der Waals surface area (Å²) in [7, 11) is 4.06. The summed E-state index contributed by atoms with van der Waals surface area (Å²) in [6, 6.07) is 0. The van der Waals surface area contributed by atoms with Gasteiger partial charge in [-0.25, -0.2) is 0 Å². The number of carbonyl (C=O) groups is 2. The van der Waals surface area contributed by atoms with Crippen molar-refractivity contribution in [3.05, 3.63) is 0 Å². The van der Waals surface area contributed by atoms with Crippen LogP contribution in [0.25, 0.3) is 0 Å². The van der Waals surface area contributed by atoms with Crippen LogP contribution in [-0.2, 0) is 9.59 Å². The highest BCUT2D eigenvalue weighted by molar-refractivity contribution is 5.97. The standard InChI is InChI=1S/C12H23N3O2/c1-12(2)11(17)15(9-10(16)13-12)8-6-5-7-14(3)4/h5-9H2,1-4H3,(H,13,16). The van der Waals surface area contributed by atoms with Crippen LogP contribution in [-0.4, -0.2) is 60.9 Å². The van der Waals surface area contributed by atoms with Crippen molar-refractivity contribution in [2.45, 2.75) is 32.2 Å². The molecule has 0 atom stereocenters. The summed E-state index contributed by atoms with van der Waals surface area (Å²) in [5.74, 6) is -0.0517. The van der Waals surface area contributed by atoms with Gasteiger partial charge in [-0.3, -0.25) is 9.59 Å². The fourth-order valence-corrected chi connectivity index (χ4v) is 1.99. The molecule has 0 aromatic heterocycles. The van der Waals surface area contributed by atoms with E-state index in [2.05, 4.69) is 10.2 Å². The molecule has 0 aromatic rings. The van der Waals surface area contributed by atoms with Crippen LogP contribution in [0.4, 0.5) is 0 Å². The lowest BCUT2D eigenvalue weighted by atomic mass is 10.0. The van der Waals surface area contributed by atoms with E-state index in [0.29, 0.717) is 6.54 Å². The van der Waals surface area contributed by atoms with Crippen molar-refractivity contribution in [1.82, 2.24) is 15.1 Å². The summed E-state index contributed by atoms with van der Waals surface area (Å²) in [6.07, 6.45) is 1.98. The number of unbranched alkanes of at least 4 members (excludes halogenated alkanes) is 1. The maximum Gasteiger partial charge on any atom is 0.248 e. The van der Waals surface area contributed by atoms with Crippen molar-refractivity contribution >= 4 is 11.8 Å². The first-order valence-corrected chi connectivity index (χ1v) is 6.08. The fourth-order valence-electron chi connectivity index (χ4n) is 1.99. The molecule has 1 aliphatic rings. The van der Waals surface area contributed by atoms with Gasteiger partial charge in [0, 0.05) is 6.54 Å². The monoisotopic (exact) mass is 241 g/mol. The predicted octanol–water partition coefficient (Wildman–Crippen LogP) is 0.0652. The molecule has 0 spiro atoms. The Morgan fingerprint density at radius 2 is 1.94 bits per heavy atom. The summed E-state index contributed by atoms with van der Waals surface area (Å²) in [4.78, 5) is 27.3. The highest BCUT2D eigenvalue weighted by atomic mass is 16.2. The van der Waals surface area contributed by atoms with Crippen LogP contribution in [0.5, 0.6) is 0 Å². The molecular formula is C12H23N3O2. The van der Waals surface area contributed by atoms with Crippen LogP contribution < -0.4 is 5.32 Å². The summed E-state index contributed by atoms with van der Waals surface area (Å²) in [6.45, 7) is 5.38. The Bertz CT molecular complexity index is 300. The fraction of sp³-hybridized carbons (Fsp3) is 0.833. The van der Waals surface area contributed by atoms with Gasteiger partial charge in [-0.15, -0.1) is 0 Å². The number of carbonyl (C=O) groups excluding carboxylic acids is 2. The van der Waals surface area contributed by atoms with E-state index in [-0.39, 0.29) is 18.4 Å². The van der Waals surface area contributed by atoms with Crippen molar-refractivity contribution in [2.75, 3.05) is 33.7 Å². The highest BCUT2D eigenvalue weighted by Gasteiger charge is 2.38. The largest absolute Gasteiger partial charge is 0.341 e. The number of hydrogen-bond acceptors (Lipinski definition) is 3. The molecular weight excluding hydrogens is 218 g/mol. The molecule has 1 heterocycles. The number of nitrogens with one attached hydrogen (secondary N) is 1. The molecule has 0 unspecified atom stereocenters. The second kappa shape index (κ2) is 5.49. The molecule has 17 heavy (non-hydrogen) atoms. The number of rotatable bonds is 5. The lowest BCUT2D eigenvalue weighted by Crippen LogP contribution is -2.63. The zero-order valence-corrected chi connectivity index (χ0v) is 11.2. The normalized spacial score (nSPS) is 19.7. The van der Waals surface area contributed by atoms with E-state index in [4.69, 9.17) is 0 Å². The minimum atomic E-state index is -0.753. The minimum Gasteiger partial charge on any atom is -0.341 e. The number of nitrogens with zero attached hydrogens (tertiary/aromatic N) is 2. The van der Waals surface area contributed by atoms with Crippen LogP contribution in [0.15, 0.2) is 0 Å². The Kier molecular flexibility index (Phi) is 4.51. The summed E-state index contributed by atoms with van der Waals surface area (Å²) < 4.78 is 0. The third-order valence-electron chi connectivity index (χ3n) is 2.89. The molecule has 1 fully saturated rings. The van der Waals surface area contributed by atoms with E-state index >= 15 is 0 Å². The van der Waals surface area contributed by atoms with Crippen LogP contribution in [0, 0.1) is 0 Å². The molecule has 0 radical (unpaired) electrons. The summed E-state index contributed by atoms with van der Waals surface area (Å²) >= 11 is 0. The molecule has 2 amide bonds. The smallest absolute Gasteiger partial charge is 0.248 e. The van der Waals surface area contributed by atoms with Gasteiger partial charge in [-0.1, -0.05) is 0 Å². The van der Waals surface area contributed by atoms with E-state index in [1.807, 2.05) is 14.1 Å².